The number of nitrogens with two attached hydrogens (primary N) is 1. The van der Waals surface area contributed by atoms with Crippen molar-refractivity contribution in [3.8, 4) is 5.75 Å². The third-order valence-corrected chi connectivity index (χ3v) is 3.61. The van der Waals surface area contributed by atoms with Crippen LogP contribution in [0.25, 0.3) is 10.9 Å². The number of nitrogens with zero attached hydrogens (tertiary/aromatic N) is 1. The van der Waals surface area contributed by atoms with Gasteiger partial charge >= 0.3 is 0 Å². The molecule has 0 amide bonds. The van der Waals surface area contributed by atoms with Crippen molar-refractivity contribution in [1.82, 2.24) is 4.98 Å². The Balaban J connectivity index is 1.71. The van der Waals surface area contributed by atoms with E-state index in [1.165, 1.54) is 0 Å². The molecule has 0 saturated carbocycles. The van der Waals surface area contributed by atoms with Crippen LogP contribution < -0.4 is 10.5 Å². The summed E-state index contributed by atoms with van der Waals surface area (Å²) in [6.45, 7) is 2.08. The molecule has 4 heteroatoms. The van der Waals surface area contributed by atoms with E-state index in [0.29, 0.717) is 12.5 Å². The molecule has 0 bridgehead atoms. The Morgan fingerprint density at radius 1 is 1.37 bits per heavy atom. The van der Waals surface area contributed by atoms with Crippen molar-refractivity contribution in [2.24, 2.45) is 11.7 Å². The molecule has 1 fully saturated rings. The van der Waals surface area contributed by atoms with Crippen LogP contribution in [0.5, 0.6) is 5.75 Å². The van der Waals surface area contributed by atoms with Crippen molar-refractivity contribution in [2.45, 2.75) is 12.5 Å². The van der Waals surface area contributed by atoms with Crippen LogP contribution in [0.15, 0.2) is 36.5 Å². The van der Waals surface area contributed by atoms with Crippen molar-refractivity contribution >= 4 is 10.9 Å². The maximum Gasteiger partial charge on any atom is 0.128 e. The number of fused-ring (bicyclic) bond motifs is 1. The summed E-state index contributed by atoms with van der Waals surface area (Å²) in [6, 6.07) is 9.85. The maximum atomic E-state index is 6.15. The Hall–Kier alpha value is -1.65. The van der Waals surface area contributed by atoms with Gasteiger partial charge < -0.3 is 15.2 Å². The Labute approximate surface area is 112 Å². The molecule has 1 aliphatic heterocycles. The predicted octanol–water partition coefficient (Wildman–Crippen LogP) is 1.98. The Morgan fingerprint density at radius 2 is 2.32 bits per heavy atom. The molecule has 2 aromatic rings. The summed E-state index contributed by atoms with van der Waals surface area (Å²) in [5, 5.41) is 1.03. The molecule has 3 rings (SSSR count). The van der Waals surface area contributed by atoms with Gasteiger partial charge in [-0.05, 0) is 30.7 Å². The minimum Gasteiger partial charge on any atom is -0.491 e. The van der Waals surface area contributed by atoms with Gasteiger partial charge in [0, 0.05) is 30.1 Å². The highest BCUT2D eigenvalue weighted by Gasteiger charge is 2.23. The summed E-state index contributed by atoms with van der Waals surface area (Å²) in [6.07, 6.45) is 2.81. The molecular weight excluding hydrogens is 240 g/mol. The van der Waals surface area contributed by atoms with Gasteiger partial charge in [-0.1, -0.05) is 6.07 Å². The summed E-state index contributed by atoms with van der Waals surface area (Å²) in [5.41, 5.74) is 7.09. The highest BCUT2D eigenvalue weighted by Crippen LogP contribution is 2.24. The molecule has 1 aromatic heterocycles. The van der Waals surface area contributed by atoms with E-state index in [9.17, 15) is 0 Å². The van der Waals surface area contributed by atoms with Crippen LogP contribution in [-0.4, -0.2) is 30.8 Å². The van der Waals surface area contributed by atoms with Gasteiger partial charge in [0.15, 0.2) is 0 Å². The Bertz CT molecular complexity index is 547. The third-order valence-electron chi connectivity index (χ3n) is 3.61. The van der Waals surface area contributed by atoms with E-state index in [0.717, 1.165) is 36.3 Å². The highest BCUT2D eigenvalue weighted by atomic mass is 16.5. The van der Waals surface area contributed by atoms with Gasteiger partial charge in [0.1, 0.15) is 12.4 Å². The fraction of sp³-hybridized carbons (Fsp3) is 0.400. The van der Waals surface area contributed by atoms with Crippen LogP contribution in [0.3, 0.4) is 0 Å². The number of pyridine rings is 1. The minimum absolute atomic E-state index is 0.0226. The standard InChI is InChI=1S/C15H18N2O2/c16-13(11-6-8-18-9-11)10-19-15-5-1-4-14-12(15)3-2-7-17-14/h1-5,7,11,13H,6,8-10,16H2. The first-order valence-electron chi connectivity index (χ1n) is 6.64. The van der Waals surface area contributed by atoms with Gasteiger partial charge in [-0.3, -0.25) is 4.98 Å². The van der Waals surface area contributed by atoms with E-state index >= 15 is 0 Å². The van der Waals surface area contributed by atoms with Gasteiger partial charge in [0.2, 0.25) is 0 Å². The van der Waals surface area contributed by atoms with Crippen molar-refractivity contribution < 1.29 is 9.47 Å². The second kappa shape index (κ2) is 5.55. The van der Waals surface area contributed by atoms with E-state index in [2.05, 4.69) is 4.98 Å². The number of rotatable bonds is 4. The van der Waals surface area contributed by atoms with Gasteiger partial charge in [-0.25, -0.2) is 0 Å². The van der Waals surface area contributed by atoms with Crippen LogP contribution in [0.2, 0.25) is 0 Å². The zero-order valence-electron chi connectivity index (χ0n) is 10.8. The molecular formula is C15H18N2O2. The van der Waals surface area contributed by atoms with Gasteiger partial charge in [0.05, 0.1) is 12.1 Å². The minimum atomic E-state index is 0.0226. The molecule has 19 heavy (non-hydrogen) atoms. The Morgan fingerprint density at radius 3 is 3.16 bits per heavy atom. The van der Waals surface area contributed by atoms with Crippen LogP contribution in [0, 0.1) is 5.92 Å². The van der Waals surface area contributed by atoms with Crippen molar-refractivity contribution in [1.29, 1.82) is 0 Å². The molecule has 100 valence electrons. The van der Waals surface area contributed by atoms with Crippen LogP contribution in [-0.2, 0) is 4.74 Å². The summed E-state index contributed by atoms with van der Waals surface area (Å²) < 4.78 is 11.2. The number of hydrogen-bond donors (Lipinski definition) is 1. The van der Waals surface area contributed by atoms with Gasteiger partial charge in [-0.2, -0.15) is 0 Å². The van der Waals surface area contributed by atoms with Crippen LogP contribution in [0.4, 0.5) is 0 Å². The molecule has 1 saturated heterocycles. The lowest BCUT2D eigenvalue weighted by molar-refractivity contribution is 0.170. The molecule has 0 aliphatic carbocycles. The summed E-state index contributed by atoms with van der Waals surface area (Å²) in [4.78, 5) is 4.32. The zero-order valence-corrected chi connectivity index (χ0v) is 10.8. The molecule has 0 spiro atoms. The molecule has 0 radical (unpaired) electrons. The van der Waals surface area contributed by atoms with E-state index in [1.807, 2.05) is 30.3 Å². The Kier molecular flexibility index (Phi) is 3.62. The number of aromatic nitrogens is 1. The average Bonchev–Trinajstić information content (AvgIpc) is 2.99. The van der Waals surface area contributed by atoms with Crippen molar-refractivity contribution in [2.75, 3.05) is 19.8 Å². The van der Waals surface area contributed by atoms with E-state index in [1.54, 1.807) is 6.20 Å². The molecule has 2 atom stereocenters. The van der Waals surface area contributed by atoms with Crippen LogP contribution in [0.1, 0.15) is 6.42 Å². The zero-order chi connectivity index (χ0) is 13.1. The fourth-order valence-electron chi connectivity index (χ4n) is 2.41. The second-order valence-electron chi connectivity index (χ2n) is 4.92. The molecule has 1 aromatic carbocycles. The quantitative estimate of drug-likeness (QED) is 0.911. The normalized spacial score (nSPS) is 20.6. The van der Waals surface area contributed by atoms with Gasteiger partial charge in [0.25, 0.3) is 0 Å². The lowest BCUT2D eigenvalue weighted by atomic mass is 10.0. The predicted molar refractivity (Wildman–Crippen MR) is 74.1 cm³/mol. The molecule has 2 heterocycles. The first-order valence-corrected chi connectivity index (χ1v) is 6.64. The first-order chi connectivity index (χ1) is 9.34. The smallest absolute Gasteiger partial charge is 0.128 e. The monoisotopic (exact) mass is 258 g/mol. The number of ether oxygens (including phenoxy) is 2. The van der Waals surface area contributed by atoms with Gasteiger partial charge in [-0.15, -0.1) is 0 Å². The van der Waals surface area contributed by atoms with E-state index in [4.69, 9.17) is 15.2 Å². The molecule has 2 unspecified atom stereocenters. The third kappa shape index (κ3) is 2.69. The second-order valence-corrected chi connectivity index (χ2v) is 4.92. The summed E-state index contributed by atoms with van der Waals surface area (Å²) >= 11 is 0. The number of hydrogen-bond acceptors (Lipinski definition) is 4. The van der Waals surface area contributed by atoms with E-state index < -0.39 is 0 Å². The highest BCUT2D eigenvalue weighted by molar-refractivity contribution is 5.84. The molecule has 1 aliphatic rings. The topological polar surface area (TPSA) is 57.4 Å². The SMILES string of the molecule is NC(COc1cccc2ncccc12)C1CCOC1. The molecule has 4 nitrogen and oxygen atoms in total. The average molecular weight is 258 g/mol. The summed E-state index contributed by atoms with van der Waals surface area (Å²) in [5.74, 6) is 1.26. The van der Waals surface area contributed by atoms with Crippen molar-refractivity contribution in [3.05, 3.63) is 36.5 Å². The largest absolute Gasteiger partial charge is 0.491 e. The maximum absolute atomic E-state index is 6.15. The summed E-state index contributed by atoms with van der Waals surface area (Å²) in [7, 11) is 0. The fourth-order valence-corrected chi connectivity index (χ4v) is 2.41. The van der Waals surface area contributed by atoms with E-state index in [-0.39, 0.29) is 6.04 Å². The number of benzene rings is 1. The van der Waals surface area contributed by atoms with Crippen molar-refractivity contribution in [3.63, 3.8) is 0 Å². The first kappa shape index (κ1) is 12.4. The molecule has 2 N–H and O–H groups in total. The lowest BCUT2D eigenvalue weighted by Gasteiger charge is -2.18. The van der Waals surface area contributed by atoms with Crippen LogP contribution >= 0.6 is 0 Å². The lowest BCUT2D eigenvalue weighted by Crippen LogP contribution is -2.36.